The van der Waals surface area contributed by atoms with Crippen LogP contribution in [-0.4, -0.2) is 30.4 Å². The van der Waals surface area contributed by atoms with Gasteiger partial charge in [0.2, 0.25) is 5.91 Å². The molecule has 0 radical (unpaired) electrons. The molecule has 1 aliphatic rings. The van der Waals surface area contributed by atoms with E-state index in [9.17, 15) is 9.18 Å². The highest BCUT2D eigenvalue weighted by Crippen LogP contribution is 2.25. The second kappa shape index (κ2) is 9.11. The summed E-state index contributed by atoms with van der Waals surface area (Å²) in [6.45, 7) is 6.45. The smallest absolute Gasteiger partial charge is 0.223 e. The molecule has 1 heterocycles. The number of hydrogen-bond donors (Lipinski definition) is 1. The Morgan fingerprint density at radius 2 is 2.14 bits per heavy atom. The van der Waals surface area contributed by atoms with Gasteiger partial charge in [-0.05, 0) is 23.6 Å². The Kier molecular flexibility index (Phi) is 7.83. The second-order valence-electron chi connectivity index (χ2n) is 5.75. The van der Waals surface area contributed by atoms with Crippen LogP contribution in [0.2, 0.25) is 0 Å². The Bertz CT molecular complexity index is 479. The van der Waals surface area contributed by atoms with E-state index in [0.29, 0.717) is 25.4 Å². The summed E-state index contributed by atoms with van der Waals surface area (Å²) in [4.78, 5) is 14.5. The van der Waals surface area contributed by atoms with E-state index in [4.69, 9.17) is 0 Å². The molecule has 124 valence electrons. The summed E-state index contributed by atoms with van der Waals surface area (Å²) >= 11 is 0. The number of benzene rings is 1. The fourth-order valence-electron chi connectivity index (χ4n) is 2.96. The second-order valence-corrected chi connectivity index (χ2v) is 5.75. The molecule has 1 saturated heterocycles. The number of carbonyl (C=O) groups excluding carboxylic acids is 1. The predicted molar refractivity (Wildman–Crippen MR) is 89.7 cm³/mol. The van der Waals surface area contributed by atoms with Crippen LogP contribution >= 0.6 is 12.4 Å². The maximum atomic E-state index is 13.4. The molecule has 1 unspecified atom stereocenters. The van der Waals surface area contributed by atoms with Crippen molar-refractivity contribution in [3.8, 4) is 0 Å². The topological polar surface area (TPSA) is 32.3 Å². The quantitative estimate of drug-likeness (QED) is 0.896. The van der Waals surface area contributed by atoms with Gasteiger partial charge < -0.3 is 10.2 Å². The van der Waals surface area contributed by atoms with E-state index in [1.54, 1.807) is 6.07 Å². The van der Waals surface area contributed by atoms with Crippen molar-refractivity contribution in [1.82, 2.24) is 10.2 Å². The summed E-state index contributed by atoms with van der Waals surface area (Å²) in [6.07, 6.45) is 2.65. The highest BCUT2D eigenvalue weighted by Gasteiger charge is 2.28. The SMILES string of the molecule is CCC(CC)CC(=O)N1CCNCC1c1cccc(F)c1.Cl. The zero-order chi connectivity index (χ0) is 15.2. The average molecular weight is 329 g/mol. The van der Waals surface area contributed by atoms with Gasteiger partial charge in [0, 0.05) is 26.1 Å². The largest absolute Gasteiger partial charge is 0.333 e. The van der Waals surface area contributed by atoms with Crippen molar-refractivity contribution in [3.05, 3.63) is 35.6 Å². The molecule has 1 aromatic carbocycles. The summed E-state index contributed by atoms with van der Waals surface area (Å²) in [7, 11) is 0. The lowest BCUT2D eigenvalue weighted by Gasteiger charge is -2.37. The Balaban J connectivity index is 0.00000242. The number of rotatable bonds is 5. The van der Waals surface area contributed by atoms with Crippen molar-refractivity contribution in [1.29, 1.82) is 0 Å². The van der Waals surface area contributed by atoms with Gasteiger partial charge in [0.15, 0.2) is 0 Å². The molecule has 5 heteroatoms. The Hall–Kier alpha value is -1.13. The van der Waals surface area contributed by atoms with Gasteiger partial charge in [-0.3, -0.25) is 4.79 Å². The Morgan fingerprint density at radius 1 is 1.41 bits per heavy atom. The van der Waals surface area contributed by atoms with E-state index < -0.39 is 0 Å². The van der Waals surface area contributed by atoms with Gasteiger partial charge in [-0.15, -0.1) is 12.4 Å². The van der Waals surface area contributed by atoms with Crippen LogP contribution in [0.25, 0.3) is 0 Å². The van der Waals surface area contributed by atoms with Crippen LogP contribution in [0.4, 0.5) is 4.39 Å². The number of nitrogens with zero attached hydrogens (tertiary/aromatic N) is 1. The number of hydrogen-bond acceptors (Lipinski definition) is 2. The number of piperazine rings is 1. The minimum Gasteiger partial charge on any atom is -0.333 e. The molecule has 1 N–H and O–H groups in total. The summed E-state index contributed by atoms with van der Waals surface area (Å²) in [5.41, 5.74) is 0.875. The molecule has 0 spiro atoms. The first kappa shape index (κ1) is 18.9. The van der Waals surface area contributed by atoms with E-state index >= 15 is 0 Å². The van der Waals surface area contributed by atoms with Crippen LogP contribution in [0.5, 0.6) is 0 Å². The van der Waals surface area contributed by atoms with Crippen LogP contribution < -0.4 is 5.32 Å². The molecule has 0 aromatic heterocycles. The average Bonchev–Trinajstić information content (AvgIpc) is 2.52. The van der Waals surface area contributed by atoms with Crippen LogP contribution in [0, 0.1) is 11.7 Å². The van der Waals surface area contributed by atoms with Crippen molar-refractivity contribution < 1.29 is 9.18 Å². The summed E-state index contributed by atoms with van der Waals surface area (Å²) in [5, 5.41) is 3.30. The fourth-order valence-corrected chi connectivity index (χ4v) is 2.96. The van der Waals surface area contributed by atoms with Crippen LogP contribution in [-0.2, 0) is 4.79 Å². The lowest BCUT2D eigenvalue weighted by molar-refractivity contribution is -0.135. The molecular formula is C17H26ClFN2O. The Morgan fingerprint density at radius 3 is 2.77 bits per heavy atom. The normalized spacial score (nSPS) is 18.2. The van der Waals surface area contributed by atoms with Gasteiger partial charge in [-0.25, -0.2) is 4.39 Å². The standard InChI is InChI=1S/C17H25FN2O.ClH/c1-3-13(4-2)10-17(21)20-9-8-19-12-16(20)14-6-5-7-15(18)11-14;/h5-7,11,13,16,19H,3-4,8-10,12H2,1-2H3;1H. The van der Waals surface area contributed by atoms with Crippen molar-refractivity contribution in [2.24, 2.45) is 5.92 Å². The molecule has 0 aliphatic carbocycles. The Labute approximate surface area is 138 Å². The molecular weight excluding hydrogens is 303 g/mol. The van der Waals surface area contributed by atoms with Gasteiger partial charge in [-0.2, -0.15) is 0 Å². The first-order chi connectivity index (χ1) is 10.2. The third-order valence-electron chi connectivity index (χ3n) is 4.42. The summed E-state index contributed by atoms with van der Waals surface area (Å²) in [5.74, 6) is 0.394. The minimum atomic E-state index is -0.245. The summed E-state index contributed by atoms with van der Waals surface area (Å²) in [6, 6.07) is 6.53. The zero-order valence-corrected chi connectivity index (χ0v) is 14.2. The molecule has 1 fully saturated rings. The van der Waals surface area contributed by atoms with Crippen molar-refractivity contribution >= 4 is 18.3 Å². The van der Waals surface area contributed by atoms with Crippen molar-refractivity contribution in [3.63, 3.8) is 0 Å². The fraction of sp³-hybridized carbons (Fsp3) is 0.588. The predicted octanol–water partition coefficient (Wildman–Crippen LogP) is 3.55. The van der Waals surface area contributed by atoms with E-state index in [1.165, 1.54) is 12.1 Å². The van der Waals surface area contributed by atoms with Crippen molar-refractivity contribution in [2.75, 3.05) is 19.6 Å². The van der Waals surface area contributed by atoms with Gasteiger partial charge in [0.25, 0.3) is 0 Å². The van der Waals surface area contributed by atoms with Crippen molar-refractivity contribution in [2.45, 2.75) is 39.2 Å². The monoisotopic (exact) mass is 328 g/mol. The van der Waals surface area contributed by atoms with Gasteiger partial charge in [0.1, 0.15) is 5.82 Å². The number of amides is 1. The third kappa shape index (κ3) is 4.68. The van der Waals surface area contributed by atoms with E-state index in [-0.39, 0.29) is 30.2 Å². The maximum Gasteiger partial charge on any atom is 0.223 e. The molecule has 1 amide bonds. The van der Waals surface area contributed by atoms with E-state index in [2.05, 4.69) is 19.2 Å². The van der Waals surface area contributed by atoms with Gasteiger partial charge in [-0.1, -0.05) is 38.8 Å². The lowest BCUT2D eigenvalue weighted by atomic mass is 9.96. The van der Waals surface area contributed by atoms with Crippen LogP contribution in [0.1, 0.15) is 44.7 Å². The minimum absolute atomic E-state index is 0. The van der Waals surface area contributed by atoms with E-state index in [0.717, 1.165) is 24.9 Å². The summed E-state index contributed by atoms with van der Waals surface area (Å²) < 4.78 is 13.4. The molecule has 3 nitrogen and oxygen atoms in total. The molecule has 1 aliphatic heterocycles. The number of halogens is 2. The molecule has 1 aromatic rings. The molecule has 1 atom stereocenters. The first-order valence-electron chi connectivity index (χ1n) is 7.91. The highest BCUT2D eigenvalue weighted by atomic mass is 35.5. The zero-order valence-electron chi connectivity index (χ0n) is 13.3. The van der Waals surface area contributed by atoms with Crippen LogP contribution in [0.15, 0.2) is 24.3 Å². The van der Waals surface area contributed by atoms with Crippen LogP contribution in [0.3, 0.4) is 0 Å². The molecule has 22 heavy (non-hydrogen) atoms. The molecule has 0 bridgehead atoms. The van der Waals surface area contributed by atoms with Gasteiger partial charge in [0.05, 0.1) is 6.04 Å². The van der Waals surface area contributed by atoms with E-state index in [1.807, 2.05) is 11.0 Å². The lowest BCUT2D eigenvalue weighted by Crippen LogP contribution is -2.49. The molecule has 2 rings (SSSR count). The van der Waals surface area contributed by atoms with Gasteiger partial charge >= 0.3 is 0 Å². The molecule has 0 saturated carbocycles. The third-order valence-corrected chi connectivity index (χ3v) is 4.42. The number of nitrogens with one attached hydrogen (secondary N) is 1. The first-order valence-corrected chi connectivity index (χ1v) is 7.91. The number of carbonyl (C=O) groups is 1. The highest BCUT2D eigenvalue weighted by molar-refractivity contribution is 5.85. The maximum absolute atomic E-state index is 13.4.